The Morgan fingerprint density at radius 1 is 0.353 bits per heavy atom. The summed E-state index contributed by atoms with van der Waals surface area (Å²) in [4.78, 5) is 68.8. The SMILES string of the molecule is COCc1ccc(C2CC2)c(CNC(=O)Nc2c(C)c(-c3ccn(C)c(=O)c3)nn2-c2ccccc2)c1.COCc1ccc(C2CC2)c(CNC(=O)Nc2c(C)c(-c3cnn(C)c3)nn2-c2ccccc2)c1.COCc1ccc(C2CC2)c(CNC(=O)Nc2c(C)c(C)nn2-c2ccccc2)c1.COCc1ccc(C2CCC2)c(CNC(=O)Nc2c(C)c(-c3ccc(C)nc3)nn2-c2ccccc2)c1. The molecule has 7 aromatic heterocycles. The number of aromatic nitrogens is 12. The van der Waals surface area contributed by atoms with Gasteiger partial charge in [0.1, 0.15) is 29.0 Å². The van der Waals surface area contributed by atoms with Gasteiger partial charge in [-0.3, -0.25) is 35.7 Å². The summed E-state index contributed by atoms with van der Waals surface area (Å²) in [5, 5.41) is 47.6. The standard InChI is InChI=1S/C30H33N5O2.C29H31N5O3.C27H30N6O2.C24H28N4O2/c1-20-12-14-24(17-31-20)28-21(2)29(35(34-28)26-10-5-4-6-11-26)33-30(36)32-18-25-16-22(19-37-3)13-15-27(25)23-8-7-9-23;1-19-27(22-13-14-33(2)26(35)16-22)32-34(24-7-5-4-6-8-24)28(19)31-29(36)30-17-23-15-20(18-37-3)9-12-25(23)21-10-11-21;1-18-25(22-15-29-32(2)16-22)31-33(23-7-5-4-6-8-23)26(18)30-27(34)28-14-21-13-19(17-35-3)9-12-24(21)20-10-11-20;1-16-17(2)27-28(21-7-5-4-6-8-21)23(16)26-24(29)25-14-20-13-18(15-30-3)9-12-22(20)19-10-11-19/h4-6,10-17,23H,7-9,18-19H2,1-3H3,(H2,32,33,36);4-9,12-16,21H,10-11,17-18H2,1-3H3,(H2,30,31,36);4-9,12-13,15-16,20H,10-11,14,17H2,1-3H3,(H2,28,30,34);4-9,12-13,19H,10-11,14-15H2,1-3H3,(H2,25,26,29). The van der Waals surface area contributed by atoms with Crippen LogP contribution in [0, 0.1) is 41.5 Å². The van der Waals surface area contributed by atoms with Gasteiger partial charge in [-0.25, -0.2) is 37.9 Å². The Bertz CT molecular complexity index is 6870. The molecule has 29 heteroatoms. The molecule has 15 aromatic rings. The zero-order valence-electron chi connectivity index (χ0n) is 81.0. The molecule has 0 atom stereocenters. The van der Waals surface area contributed by atoms with Gasteiger partial charge < -0.3 is 44.8 Å². The van der Waals surface area contributed by atoms with Crippen LogP contribution in [0.4, 0.5) is 42.4 Å². The summed E-state index contributed by atoms with van der Waals surface area (Å²) in [6.07, 6.45) is 18.1. The number of rotatable bonds is 31. The van der Waals surface area contributed by atoms with Crippen molar-refractivity contribution < 1.29 is 38.1 Å². The van der Waals surface area contributed by atoms with Crippen molar-refractivity contribution in [3.63, 3.8) is 0 Å². The number of carbonyl (C=O) groups excluding carboxylic acids is 4. The lowest BCUT2D eigenvalue weighted by Crippen LogP contribution is -2.30. The minimum atomic E-state index is -0.324. The predicted octanol–water partition coefficient (Wildman–Crippen LogP) is 20.9. The van der Waals surface area contributed by atoms with Crippen molar-refractivity contribution in [3.8, 4) is 56.5 Å². The van der Waals surface area contributed by atoms with Crippen LogP contribution in [0.2, 0.25) is 0 Å². The Morgan fingerprint density at radius 2 is 0.676 bits per heavy atom. The van der Waals surface area contributed by atoms with Crippen molar-refractivity contribution in [1.82, 2.24) is 79.7 Å². The van der Waals surface area contributed by atoms with Crippen molar-refractivity contribution >= 4 is 47.4 Å². The van der Waals surface area contributed by atoms with E-state index in [1.165, 1.54) is 84.6 Å². The highest BCUT2D eigenvalue weighted by Gasteiger charge is 2.32. The van der Waals surface area contributed by atoms with E-state index in [-0.39, 0.29) is 29.7 Å². The molecule has 8 amide bonds. The quantitative estimate of drug-likeness (QED) is 0.0200. The van der Waals surface area contributed by atoms with Crippen LogP contribution in [0.1, 0.15) is 182 Å². The second kappa shape index (κ2) is 45.2. The van der Waals surface area contributed by atoms with E-state index < -0.39 is 0 Å². The number of para-hydroxylation sites is 4. The van der Waals surface area contributed by atoms with E-state index in [0.717, 1.165) is 123 Å². The highest BCUT2D eigenvalue weighted by molar-refractivity contribution is 5.93. The highest BCUT2D eigenvalue weighted by atomic mass is 16.5. The number of methoxy groups -OCH3 is 4. The Hall–Kier alpha value is -15.2. The van der Waals surface area contributed by atoms with Gasteiger partial charge in [-0.1, -0.05) is 152 Å². The van der Waals surface area contributed by atoms with Crippen molar-refractivity contribution in [2.45, 2.75) is 176 Å². The number of ether oxygens (including phenoxy) is 4. The molecular formula is C110H122N20O9. The van der Waals surface area contributed by atoms with E-state index in [1.807, 2.05) is 201 Å². The molecule has 0 unspecified atom stereocenters. The molecule has 19 rings (SSSR count). The van der Waals surface area contributed by atoms with Gasteiger partial charge in [-0.2, -0.15) is 25.5 Å². The largest absolute Gasteiger partial charge is 0.380 e. The number of aryl methyl sites for hydroxylation is 4. The summed E-state index contributed by atoms with van der Waals surface area (Å²) in [6.45, 7) is 15.7. The molecule has 29 nitrogen and oxygen atoms in total. The van der Waals surface area contributed by atoms with Crippen LogP contribution in [0.15, 0.2) is 248 Å². The van der Waals surface area contributed by atoms with Crippen LogP contribution in [0.25, 0.3) is 56.5 Å². The maximum absolute atomic E-state index is 13.2. The number of urea groups is 4. The van der Waals surface area contributed by atoms with Gasteiger partial charge in [0.25, 0.3) is 5.56 Å². The molecule has 716 valence electrons. The number of benzene rings is 8. The number of anilines is 4. The lowest BCUT2D eigenvalue weighted by molar-refractivity contribution is 0.185. The highest BCUT2D eigenvalue weighted by Crippen LogP contribution is 2.46. The van der Waals surface area contributed by atoms with E-state index >= 15 is 0 Å². The van der Waals surface area contributed by atoms with Crippen LogP contribution in [0.3, 0.4) is 0 Å². The Kier molecular flexibility index (Phi) is 31.5. The maximum Gasteiger partial charge on any atom is 0.320 e. The van der Waals surface area contributed by atoms with E-state index in [9.17, 15) is 24.0 Å². The number of hydrogen-bond acceptors (Lipinski definition) is 15. The van der Waals surface area contributed by atoms with E-state index in [2.05, 4.69) is 131 Å². The molecule has 8 aromatic carbocycles. The van der Waals surface area contributed by atoms with Gasteiger partial charge in [-0.15, -0.1) is 0 Å². The van der Waals surface area contributed by atoms with Gasteiger partial charge in [-0.05, 0) is 250 Å². The molecule has 4 aliphatic carbocycles. The topological polar surface area (TPSA) is 325 Å². The van der Waals surface area contributed by atoms with E-state index in [1.54, 1.807) is 77.4 Å². The number of pyridine rings is 2. The maximum atomic E-state index is 13.2. The average Bonchev–Trinajstić information content (AvgIpc) is 1.65. The summed E-state index contributed by atoms with van der Waals surface area (Å²) in [6, 6.07) is 71.0. The number of carbonyl (C=O) groups is 4. The first-order chi connectivity index (χ1) is 67.6. The lowest BCUT2D eigenvalue weighted by atomic mass is 9.78. The molecule has 0 radical (unpaired) electrons. The Labute approximate surface area is 810 Å². The van der Waals surface area contributed by atoms with Crippen LogP contribution in [0.5, 0.6) is 0 Å². The smallest absolute Gasteiger partial charge is 0.320 e. The minimum Gasteiger partial charge on any atom is -0.380 e. The molecule has 7 heterocycles. The van der Waals surface area contributed by atoms with Gasteiger partial charge >= 0.3 is 24.1 Å². The third-order valence-corrected chi connectivity index (χ3v) is 25.6. The molecule has 0 saturated heterocycles. The number of nitrogens with one attached hydrogen (secondary N) is 8. The van der Waals surface area contributed by atoms with Gasteiger partial charge in [0.05, 0.1) is 72.5 Å². The second-order valence-corrected chi connectivity index (χ2v) is 36.0. The summed E-state index contributed by atoms with van der Waals surface area (Å²) >= 11 is 0. The fourth-order valence-corrected chi connectivity index (χ4v) is 17.5. The van der Waals surface area contributed by atoms with Crippen molar-refractivity contribution in [3.05, 3.63) is 354 Å². The van der Waals surface area contributed by atoms with Gasteiger partial charge in [0.2, 0.25) is 0 Å². The molecule has 4 fully saturated rings. The molecule has 139 heavy (non-hydrogen) atoms. The molecule has 0 bridgehead atoms. The monoisotopic (exact) mass is 1870 g/mol. The first-order valence-corrected chi connectivity index (χ1v) is 47.4. The molecule has 0 spiro atoms. The van der Waals surface area contributed by atoms with Crippen molar-refractivity contribution in [2.75, 3.05) is 49.7 Å². The molecule has 4 aliphatic rings. The Balaban J connectivity index is 0.000000134. The Morgan fingerprint density at radius 3 is 0.971 bits per heavy atom. The fraction of sp³-hybridized carbons (Fsp3) is 0.300. The molecule has 4 saturated carbocycles. The summed E-state index contributed by atoms with van der Waals surface area (Å²) in [5.41, 5.74) is 27.6. The number of hydrogen-bond donors (Lipinski definition) is 8. The molecule has 8 N–H and O–H groups in total. The number of nitrogens with zero attached hydrogens (tertiary/aromatic N) is 12. The van der Waals surface area contributed by atoms with Gasteiger partial charge in [0, 0.05) is 138 Å². The summed E-state index contributed by atoms with van der Waals surface area (Å²) in [5.74, 6) is 4.85. The summed E-state index contributed by atoms with van der Waals surface area (Å²) in [7, 11) is 10.3. The van der Waals surface area contributed by atoms with Crippen LogP contribution in [-0.4, -0.2) is 111 Å². The fourth-order valence-electron chi connectivity index (χ4n) is 17.5. The van der Waals surface area contributed by atoms with Crippen LogP contribution < -0.4 is 48.1 Å². The minimum absolute atomic E-state index is 0.124. The second-order valence-electron chi connectivity index (χ2n) is 36.0. The normalized spacial score (nSPS) is 13.2. The number of amides is 8. The third-order valence-electron chi connectivity index (χ3n) is 25.6. The molecule has 0 aliphatic heterocycles. The summed E-state index contributed by atoms with van der Waals surface area (Å²) < 4.78 is 31.5. The predicted molar refractivity (Wildman–Crippen MR) is 543 cm³/mol. The zero-order valence-corrected chi connectivity index (χ0v) is 81.0. The first-order valence-electron chi connectivity index (χ1n) is 47.4. The van der Waals surface area contributed by atoms with E-state index in [4.69, 9.17) is 34.2 Å². The third kappa shape index (κ3) is 24.3. The lowest BCUT2D eigenvalue weighted by Gasteiger charge is -2.28. The van der Waals surface area contributed by atoms with E-state index in [0.29, 0.717) is 111 Å². The van der Waals surface area contributed by atoms with Crippen molar-refractivity contribution in [1.29, 1.82) is 0 Å². The zero-order chi connectivity index (χ0) is 97.2. The van der Waals surface area contributed by atoms with Crippen LogP contribution in [-0.2, 0) is 85.6 Å². The van der Waals surface area contributed by atoms with Gasteiger partial charge in [0.15, 0.2) is 0 Å². The first kappa shape index (κ1) is 96.9. The molecular weight excluding hydrogens is 1750 g/mol. The van der Waals surface area contributed by atoms with Crippen LogP contribution >= 0.6 is 0 Å². The van der Waals surface area contributed by atoms with Crippen molar-refractivity contribution in [2.24, 2.45) is 14.1 Å². The average molecular weight is 1870 g/mol.